The van der Waals surface area contributed by atoms with Crippen molar-refractivity contribution in [2.24, 2.45) is 0 Å². The number of rotatable bonds is 7. The topological polar surface area (TPSA) is 99.9 Å². The second kappa shape index (κ2) is 10.6. The monoisotopic (exact) mass is 536 g/mol. The SMILES string of the molecule is C=C(F)C(=O)Nc1cc(Nc2ncc(Cl)c(-c3cnn4ccccc34)n2)c(OC)cc1N1CCN(C)CC1. The first kappa shape index (κ1) is 25.4. The average Bonchev–Trinajstić information content (AvgIpc) is 3.34. The van der Waals surface area contributed by atoms with Crippen LogP contribution in [0, 0.1) is 0 Å². The number of anilines is 4. The molecule has 3 aromatic heterocycles. The highest BCUT2D eigenvalue weighted by atomic mass is 35.5. The summed E-state index contributed by atoms with van der Waals surface area (Å²) < 4.78 is 21.0. The standard InChI is InChI=1S/C26H26ClFN8O2/c1-16(28)25(37)31-19-12-20(23(38-3)13-22(19)35-10-8-34(2)9-11-35)32-26-29-15-18(27)24(33-26)17-14-30-36-7-5-4-6-21(17)36/h4-7,12-15H,1,8-11H2,2-3H3,(H,31,37)(H,29,32,33). The molecular formula is C26H26ClFN8O2. The van der Waals surface area contributed by atoms with Crippen LogP contribution in [0.25, 0.3) is 16.8 Å². The number of carbonyl (C=O) groups excluding carboxylic acids is 1. The number of nitrogens with zero attached hydrogens (tertiary/aromatic N) is 6. The quantitative estimate of drug-likeness (QED) is 0.336. The Bertz CT molecular complexity index is 1520. The van der Waals surface area contributed by atoms with Crippen LogP contribution >= 0.6 is 11.6 Å². The number of hydrogen-bond acceptors (Lipinski definition) is 8. The van der Waals surface area contributed by atoms with Gasteiger partial charge in [-0.05, 0) is 25.2 Å². The van der Waals surface area contributed by atoms with Gasteiger partial charge >= 0.3 is 0 Å². The van der Waals surface area contributed by atoms with Crippen LogP contribution in [0.3, 0.4) is 0 Å². The van der Waals surface area contributed by atoms with E-state index in [0.717, 1.165) is 37.3 Å². The molecule has 0 atom stereocenters. The molecule has 1 fully saturated rings. The van der Waals surface area contributed by atoms with Gasteiger partial charge in [0.05, 0.1) is 52.8 Å². The number of nitrogens with one attached hydrogen (secondary N) is 2. The number of benzene rings is 1. The van der Waals surface area contributed by atoms with Crippen molar-refractivity contribution in [3.05, 3.63) is 66.4 Å². The summed E-state index contributed by atoms with van der Waals surface area (Å²) in [5, 5.41) is 10.5. The Balaban J connectivity index is 1.53. The number of piperazine rings is 1. The maximum Gasteiger partial charge on any atom is 0.283 e. The van der Waals surface area contributed by atoms with Gasteiger partial charge in [0.25, 0.3) is 5.91 Å². The molecule has 1 amide bonds. The smallest absolute Gasteiger partial charge is 0.283 e. The third-order valence-corrected chi connectivity index (χ3v) is 6.61. The number of halogens is 2. The molecule has 0 aliphatic carbocycles. The molecule has 196 valence electrons. The first-order valence-electron chi connectivity index (χ1n) is 11.9. The van der Waals surface area contributed by atoms with E-state index in [1.807, 2.05) is 31.4 Å². The van der Waals surface area contributed by atoms with Crippen molar-refractivity contribution in [2.45, 2.75) is 0 Å². The zero-order valence-electron chi connectivity index (χ0n) is 20.9. The van der Waals surface area contributed by atoms with Crippen molar-refractivity contribution < 1.29 is 13.9 Å². The third-order valence-electron chi connectivity index (χ3n) is 6.33. The van der Waals surface area contributed by atoms with Gasteiger partial charge in [0.2, 0.25) is 5.95 Å². The minimum absolute atomic E-state index is 0.248. The summed E-state index contributed by atoms with van der Waals surface area (Å²) >= 11 is 6.46. The van der Waals surface area contributed by atoms with Crippen molar-refractivity contribution in [2.75, 3.05) is 55.9 Å². The van der Waals surface area contributed by atoms with E-state index in [-0.39, 0.29) is 5.95 Å². The summed E-state index contributed by atoms with van der Waals surface area (Å²) in [6, 6.07) is 9.17. The minimum atomic E-state index is -1.08. The van der Waals surface area contributed by atoms with Crippen molar-refractivity contribution in [1.29, 1.82) is 0 Å². The van der Waals surface area contributed by atoms with Crippen molar-refractivity contribution in [3.8, 4) is 17.0 Å². The van der Waals surface area contributed by atoms with Crippen molar-refractivity contribution >= 4 is 46.0 Å². The van der Waals surface area contributed by atoms with Gasteiger partial charge in [0.15, 0.2) is 5.83 Å². The van der Waals surface area contributed by atoms with Gasteiger partial charge in [-0.1, -0.05) is 24.2 Å². The van der Waals surface area contributed by atoms with E-state index in [1.165, 1.54) is 6.20 Å². The Morgan fingerprint density at radius 3 is 2.68 bits per heavy atom. The summed E-state index contributed by atoms with van der Waals surface area (Å²) in [6.45, 7) is 6.26. The Kier molecular flexibility index (Phi) is 7.12. The third kappa shape index (κ3) is 5.11. The van der Waals surface area contributed by atoms with Crippen molar-refractivity contribution in [3.63, 3.8) is 0 Å². The molecule has 12 heteroatoms. The number of carbonyl (C=O) groups is 1. The van der Waals surface area contributed by atoms with Crippen LogP contribution in [0.15, 0.2) is 61.3 Å². The van der Waals surface area contributed by atoms with E-state index >= 15 is 0 Å². The number of aromatic nitrogens is 4. The van der Waals surface area contributed by atoms with E-state index in [0.29, 0.717) is 33.5 Å². The lowest BCUT2D eigenvalue weighted by Crippen LogP contribution is -2.44. The number of methoxy groups -OCH3 is 1. The predicted octanol–water partition coefficient (Wildman–Crippen LogP) is 4.37. The van der Waals surface area contributed by atoms with Gasteiger partial charge < -0.3 is 25.2 Å². The number of likely N-dealkylation sites (N-methyl/N-ethyl adjacent to an activating group) is 1. The van der Waals surface area contributed by atoms with Gasteiger partial charge in [-0.2, -0.15) is 5.10 Å². The molecule has 1 saturated heterocycles. The predicted molar refractivity (Wildman–Crippen MR) is 146 cm³/mol. The molecule has 1 aliphatic heterocycles. The molecular weight excluding hydrogens is 511 g/mol. The van der Waals surface area contributed by atoms with Gasteiger partial charge in [-0.3, -0.25) is 4.79 Å². The minimum Gasteiger partial charge on any atom is -0.494 e. The Labute approximate surface area is 223 Å². The lowest BCUT2D eigenvalue weighted by molar-refractivity contribution is -0.114. The molecule has 5 rings (SSSR count). The summed E-state index contributed by atoms with van der Waals surface area (Å²) in [6.07, 6.45) is 5.03. The van der Waals surface area contributed by atoms with E-state index in [4.69, 9.17) is 16.3 Å². The summed E-state index contributed by atoms with van der Waals surface area (Å²) in [5.74, 6) is -1.27. The molecule has 38 heavy (non-hydrogen) atoms. The molecule has 1 aliphatic rings. The van der Waals surface area contributed by atoms with E-state index in [9.17, 15) is 9.18 Å². The van der Waals surface area contributed by atoms with E-state index < -0.39 is 11.7 Å². The van der Waals surface area contributed by atoms with Gasteiger partial charge in [0.1, 0.15) is 5.75 Å². The van der Waals surface area contributed by atoms with Crippen LogP contribution in [0.1, 0.15) is 0 Å². The fourth-order valence-corrected chi connectivity index (χ4v) is 4.48. The summed E-state index contributed by atoms with van der Waals surface area (Å²) in [4.78, 5) is 25.5. The normalized spacial score (nSPS) is 13.9. The number of ether oxygens (including phenoxy) is 1. The fraction of sp³-hybridized carbons (Fsp3) is 0.231. The molecule has 0 spiro atoms. The molecule has 0 saturated carbocycles. The van der Waals surface area contributed by atoms with Crippen LogP contribution in [0.2, 0.25) is 5.02 Å². The zero-order chi connectivity index (χ0) is 26.8. The molecule has 1 aromatic carbocycles. The van der Waals surface area contributed by atoms with Crippen LogP contribution in [-0.4, -0.2) is 70.7 Å². The molecule has 0 radical (unpaired) electrons. The molecule has 0 bridgehead atoms. The average molecular weight is 537 g/mol. The molecule has 4 aromatic rings. The molecule has 0 unspecified atom stereocenters. The summed E-state index contributed by atoms with van der Waals surface area (Å²) in [7, 11) is 3.59. The lowest BCUT2D eigenvalue weighted by atomic mass is 10.1. The van der Waals surface area contributed by atoms with E-state index in [2.05, 4.69) is 42.1 Å². The van der Waals surface area contributed by atoms with E-state index in [1.54, 1.807) is 30.0 Å². The highest BCUT2D eigenvalue weighted by molar-refractivity contribution is 6.33. The van der Waals surface area contributed by atoms with Crippen LogP contribution < -0.4 is 20.3 Å². The Morgan fingerprint density at radius 2 is 1.95 bits per heavy atom. The number of hydrogen-bond donors (Lipinski definition) is 2. The van der Waals surface area contributed by atoms with Crippen LogP contribution in [0.5, 0.6) is 5.75 Å². The van der Waals surface area contributed by atoms with Gasteiger partial charge in [-0.25, -0.2) is 18.9 Å². The van der Waals surface area contributed by atoms with Crippen molar-refractivity contribution in [1.82, 2.24) is 24.5 Å². The maximum atomic E-state index is 13.6. The highest BCUT2D eigenvalue weighted by Crippen LogP contribution is 2.39. The zero-order valence-corrected chi connectivity index (χ0v) is 21.7. The summed E-state index contributed by atoms with van der Waals surface area (Å²) in [5.41, 5.74) is 3.66. The first-order chi connectivity index (χ1) is 18.3. The molecule has 2 N–H and O–H groups in total. The number of amides is 1. The highest BCUT2D eigenvalue weighted by Gasteiger charge is 2.22. The van der Waals surface area contributed by atoms with Crippen LogP contribution in [-0.2, 0) is 4.79 Å². The molecule has 4 heterocycles. The largest absolute Gasteiger partial charge is 0.494 e. The fourth-order valence-electron chi connectivity index (χ4n) is 4.29. The molecule has 10 nitrogen and oxygen atoms in total. The van der Waals surface area contributed by atoms with Gasteiger partial charge in [0, 0.05) is 44.0 Å². The van der Waals surface area contributed by atoms with Gasteiger partial charge in [-0.15, -0.1) is 0 Å². The Morgan fingerprint density at radius 1 is 1.16 bits per heavy atom. The van der Waals surface area contributed by atoms with Crippen LogP contribution in [0.4, 0.5) is 27.4 Å². The maximum absolute atomic E-state index is 13.6. The first-order valence-corrected chi connectivity index (χ1v) is 12.3. The second-order valence-electron chi connectivity index (χ2n) is 8.82. The number of fused-ring (bicyclic) bond motifs is 1. The number of pyridine rings is 1. The lowest BCUT2D eigenvalue weighted by Gasteiger charge is -2.35. The Hall–Kier alpha value is -4.22. The second-order valence-corrected chi connectivity index (χ2v) is 9.23.